The number of ether oxygens (including phenoxy) is 3. The number of piperazine rings is 2. The lowest BCUT2D eigenvalue weighted by Crippen LogP contribution is -2.66. The quantitative estimate of drug-likeness (QED) is 0.264. The Hall–Kier alpha value is -3.32. The highest BCUT2D eigenvalue weighted by Gasteiger charge is 2.55. The highest BCUT2D eigenvalue weighted by atomic mass is 35.5. The Kier molecular flexibility index (Phi) is 10.3. The highest BCUT2D eigenvalue weighted by molar-refractivity contribution is 6.30. The minimum absolute atomic E-state index is 0.0555. The molecule has 6 rings (SSSR count). The number of aromatic nitrogens is 3. The van der Waals surface area contributed by atoms with E-state index in [0.717, 1.165) is 52.1 Å². The van der Waals surface area contributed by atoms with Crippen molar-refractivity contribution in [2.45, 2.75) is 64.3 Å². The Morgan fingerprint density at radius 3 is 2.56 bits per heavy atom. The number of pyridine rings is 1. The third-order valence-corrected chi connectivity index (χ3v) is 9.68. The first-order valence-corrected chi connectivity index (χ1v) is 17.2. The molecular formula is C35H47ClFN7O4. The molecule has 1 amide bonds. The van der Waals surface area contributed by atoms with Crippen LogP contribution in [0.25, 0.3) is 10.9 Å². The molecule has 3 aliphatic rings. The molecule has 1 aromatic carbocycles. The Bertz CT molecular complexity index is 1580. The molecule has 2 aromatic heterocycles. The van der Waals surface area contributed by atoms with Gasteiger partial charge in [0.25, 0.3) is 0 Å². The lowest BCUT2D eigenvalue weighted by atomic mass is 9.96. The fourth-order valence-electron chi connectivity index (χ4n) is 7.33. The van der Waals surface area contributed by atoms with Crippen molar-refractivity contribution in [3.05, 3.63) is 53.1 Å². The number of hydrogen-bond acceptors (Lipinski definition) is 10. The number of hydrogen-bond donors (Lipinski definition) is 0. The van der Waals surface area contributed by atoms with E-state index >= 15 is 4.39 Å². The van der Waals surface area contributed by atoms with Crippen LogP contribution in [0.1, 0.15) is 46.1 Å². The van der Waals surface area contributed by atoms with Gasteiger partial charge < -0.3 is 24.0 Å². The molecule has 5 heterocycles. The topological polar surface area (TPSA) is 96.4 Å². The molecule has 2 unspecified atom stereocenters. The van der Waals surface area contributed by atoms with Crippen LogP contribution in [0.2, 0.25) is 5.15 Å². The number of amides is 1. The van der Waals surface area contributed by atoms with Crippen LogP contribution in [0, 0.1) is 11.7 Å². The first kappa shape index (κ1) is 34.5. The largest absolute Gasteiger partial charge is 0.463 e. The Morgan fingerprint density at radius 1 is 1.12 bits per heavy atom. The van der Waals surface area contributed by atoms with E-state index in [0.29, 0.717) is 37.5 Å². The lowest BCUT2D eigenvalue weighted by molar-refractivity contribution is -0.0261. The molecule has 3 atom stereocenters. The van der Waals surface area contributed by atoms with Gasteiger partial charge in [-0.05, 0) is 39.2 Å². The van der Waals surface area contributed by atoms with Gasteiger partial charge in [0.15, 0.2) is 11.0 Å². The van der Waals surface area contributed by atoms with Gasteiger partial charge in [0.05, 0.1) is 30.2 Å². The molecule has 0 saturated carbocycles. The van der Waals surface area contributed by atoms with E-state index < -0.39 is 17.0 Å². The van der Waals surface area contributed by atoms with E-state index in [9.17, 15) is 4.79 Å². The monoisotopic (exact) mass is 683 g/mol. The smallest absolute Gasteiger partial charge is 0.411 e. The fourth-order valence-corrected chi connectivity index (χ4v) is 7.47. The molecule has 0 spiro atoms. The first-order chi connectivity index (χ1) is 22.9. The van der Waals surface area contributed by atoms with E-state index in [1.54, 1.807) is 7.11 Å². The van der Waals surface area contributed by atoms with Crippen molar-refractivity contribution in [2.75, 3.05) is 71.0 Å². The van der Waals surface area contributed by atoms with Crippen molar-refractivity contribution >= 4 is 34.4 Å². The highest BCUT2D eigenvalue weighted by Crippen LogP contribution is 2.43. The third kappa shape index (κ3) is 7.61. The van der Waals surface area contributed by atoms with E-state index in [-0.39, 0.29) is 34.7 Å². The average molecular weight is 684 g/mol. The maximum atomic E-state index is 15.4. The number of methoxy groups -OCH3 is 1. The summed E-state index contributed by atoms with van der Waals surface area (Å²) in [4.78, 5) is 35.7. The Labute approximate surface area is 287 Å². The van der Waals surface area contributed by atoms with E-state index in [2.05, 4.69) is 55.9 Å². The van der Waals surface area contributed by atoms with Gasteiger partial charge >= 0.3 is 12.1 Å². The molecule has 3 aliphatic heterocycles. The second-order valence-electron chi connectivity index (χ2n) is 14.5. The Balaban J connectivity index is 1.16. The summed E-state index contributed by atoms with van der Waals surface area (Å²) < 4.78 is 33.1. The van der Waals surface area contributed by atoms with Crippen LogP contribution in [-0.4, -0.2) is 119 Å². The van der Waals surface area contributed by atoms with Crippen molar-refractivity contribution in [1.82, 2.24) is 29.7 Å². The minimum atomic E-state index is -0.717. The van der Waals surface area contributed by atoms with Gasteiger partial charge in [0, 0.05) is 71.6 Å². The van der Waals surface area contributed by atoms with Crippen LogP contribution in [0.3, 0.4) is 0 Å². The summed E-state index contributed by atoms with van der Waals surface area (Å²) in [5, 5.41) is 0.173. The summed E-state index contributed by atoms with van der Waals surface area (Å²) in [5.41, 5.74) is 0.117. The van der Waals surface area contributed by atoms with Gasteiger partial charge in [0.2, 0.25) is 0 Å². The molecule has 48 heavy (non-hydrogen) atoms. The standard InChI is InChI=1S/C35H47ClFN7O4/c1-24(18-41-13-15-42(16-14-41)19-25-9-7-6-8-10-25)21-47-32-39-29-27(17-38-30(36)28(29)37)31(40-32)43-20-26-11-12-35(22-43,23-46-5)44(26)33(45)48-34(2,3)4/h6-10,17,24,26H,11-16,18-23H2,1-5H3/t24-,26?,35?/m1/s1. The maximum Gasteiger partial charge on any atom is 0.411 e. The van der Waals surface area contributed by atoms with Crippen molar-refractivity contribution in [1.29, 1.82) is 0 Å². The molecule has 0 N–H and O–H groups in total. The van der Waals surface area contributed by atoms with Crippen molar-refractivity contribution < 1.29 is 23.4 Å². The number of benzene rings is 1. The zero-order valence-electron chi connectivity index (χ0n) is 28.6. The van der Waals surface area contributed by atoms with E-state index in [1.165, 1.54) is 11.8 Å². The third-order valence-electron chi connectivity index (χ3n) is 9.42. The number of carbonyl (C=O) groups is 1. The van der Waals surface area contributed by atoms with Gasteiger partial charge in [-0.3, -0.25) is 9.80 Å². The molecule has 2 bridgehead atoms. The number of rotatable bonds is 10. The maximum absolute atomic E-state index is 15.4. The molecule has 3 aromatic rings. The zero-order valence-corrected chi connectivity index (χ0v) is 29.4. The van der Waals surface area contributed by atoms with Crippen LogP contribution in [0.15, 0.2) is 36.5 Å². The second kappa shape index (κ2) is 14.3. The fraction of sp³-hybridized carbons (Fsp3) is 0.600. The summed E-state index contributed by atoms with van der Waals surface area (Å²) in [6, 6.07) is 10.5. The summed E-state index contributed by atoms with van der Waals surface area (Å²) in [6.45, 7) is 15.2. The first-order valence-electron chi connectivity index (χ1n) is 16.8. The molecule has 260 valence electrons. The summed E-state index contributed by atoms with van der Waals surface area (Å²) in [7, 11) is 1.63. The molecule has 0 radical (unpaired) electrons. The van der Waals surface area contributed by atoms with Gasteiger partial charge in [-0.1, -0.05) is 48.9 Å². The Morgan fingerprint density at radius 2 is 1.85 bits per heavy atom. The average Bonchev–Trinajstić information content (AvgIpc) is 3.28. The van der Waals surface area contributed by atoms with Crippen LogP contribution < -0.4 is 9.64 Å². The van der Waals surface area contributed by atoms with Crippen molar-refractivity contribution in [3.63, 3.8) is 0 Å². The molecular weight excluding hydrogens is 637 g/mol. The number of carbonyl (C=O) groups excluding carboxylic acids is 1. The van der Waals surface area contributed by atoms with Gasteiger partial charge in [-0.15, -0.1) is 0 Å². The number of halogens is 2. The SMILES string of the molecule is COCC12CCC(CN(c3nc(OC[C@H](C)CN4CCN(Cc5ccccc5)CC4)nc4c(F)c(Cl)ncc34)C1)N2C(=O)OC(C)(C)C. The predicted molar refractivity (Wildman–Crippen MR) is 183 cm³/mol. The number of fused-ring (bicyclic) bond motifs is 3. The zero-order chi connectivity index (χ0) is 34.1. The second-order valence-corrected chi connectivity index (χ2v) is 14.9. The van der Waals surface area contributed by atoms with Crippen LogP contribution in [-0.2, 0) is 16.0 Å². The lowest BCUT2D eigenvalue weighted by Gasteiger charge is -2.49. The predicted octanol–water partition coefficient (Wildman–Crippen LogP) is 5.25. The molecule has 11 nitrogen and oxygen atoms in total. The molecule has 3 saturated heterocycles. The summed E-state index contributed by atoms with van der Waals surface area (Å²) in [5.74, 6) is -0.0278. The van der Waals surface area contributed by atoms with Crippen LogP contribution in [0.4, 0.5) is 15.0 Å². The van der Waals surface area contributed by atoms with Crippen LogP contribution in [0.5, 0.6) is 6.01 Å². The van der Waals surface area contributed by atoms with Crippen molar-refractivity contribution in [3.8, 4) is 6.01 Å². The molecule has 13 heteroatoms. The van der Waals surface area contributed by atoms with E-state index in [1.807, 2.05) is 31.7 Å². The summed E-state index contributed by atoms with van der Waals surface area (Å²) >= 11 is 6.11. The normalized spacial score (nSPS) is 22.7. The minimum Gasteiger partial charge on any atom is -0.463 e. The van der Waals surface area contributed by atoms with Gasteiger partial charge in [-0.2, -0.15) is 9.97 Å². The number of anilines is 1. The summed E-state index contributed by atoms with van der Waals surface area (Å²) in [6.07, 6.45) is 2.67. The van der Waals surface area contributed by atoms with Gasteiger partial charge in [-0.25, -0.2) is 14.2 Å². The van der Waals surface area contributed by atoms with Crippen molar-refractivity contribution in [2.24, 2.45) is 5.92 Å². The van der Waals surface area contributed by atoms with Gasteiger partial charge in [0.1, 0.15) is 16.9 Å². The number of nitrogens with zero attached hydrogens (tertiary/aromatic N) is 7. The molecule has 3 fully saturated rings. The van der Waals surface area contributed by atoms with Crippen LogP contribution >= 0.6 is 11.6 Å². The molecule has 0 aliphatic carbocycles. The van der Waals surface area contributed by atoms with E-state index in [4.69, 9.17) is 30.8 Å².